The summed E-state index contributed by atoms with van der Waals surface area (Å²) < 4.78 is 10.5. The minimum absolute atomic E-state index is 0.103. The molecule has 0 bridgehead atoms. The van der Waals surface area contributed by atoms with E-state index < -0.39 is 0 Å². The highest BCUT2D eigenvalue weighted by Crippen LogP contribution is 2.33. The lowest BCUT2D eigenvalue weighted by Crippen LogP contribution is -2.44. The zero-order valence-corrected chi connectivity index (χ0v) is 17.0. The number of carbonyl (C=O) groups is 1. The maximum absolute atomic E-state index is 12.6. The van der Waals surface area contributed by atoms with Crippen LogP contribution in [0.2, 0.25) is 0 Å². The van der Waals surface area contributed by atoms with E-state index in [0.29, 0.717) is 43.5 Å². The van der Waals surface area contributed by atoms with Crippen molar-refractivity contribution >= 4 is 5.91 Å². The van der Waals surface area contributed by atoms with Gasteiger partial charge in [0.1, 0.15) is 0 Å². The SMILES string of the molecule is Cc1cccc(-c2noc(CCC(=O)N3CCC(C)(c4noc(C)n4)CC3)n2)c1. The van der Waals surface area contributed by atoms with Crippen LogP contribution in [-0.2, 0) is 16.6 Å². The molecule has 1 aliphatic heterocycles. The van der Waals surface area contributed by atoms with E-state index in [2.05, 4.69) is 27.2 Å². The number of nitrogens with zero attached hydrogens (tertiary/aromatic N) is 5. The normalized spacial score (nSPS) is 16.2. The molecule has 8 heteroatoms. The zero-order valence-electron chi connectivity index (χ0n) is 17.0. The average molecular weight is 395 g/mol. The van der Waals surface area contributed by atoms with Crippen LogP contribution in [0.4, 0.5) is 0 Å². The smallest absolute Gasteiger partial charge is 0.227 e. The minimum atomic E-state index is -0.149. The molecule has 1 aliphatic rings. The number of aryl methyl sites for hydroxylation is 3. The summed E-state index contributed by atoms with van der Waals surface area (Å²) in [6.07, 6.45) is 2.43. The van der Waals surface area contributed by atoms with Gasteiger partial charge in [-0.3, -0.25) is 4.79 Å². The number of rotatable bonds is 5. The van der Waals surface area contributed by atoms with Crippen molar-refractivity contribution in [2.75, 3.05) is 13.1 Å². The van der Waals surface area contributed by atoms with E-state index in [-0.39, 0.29) is 11.3 Å². The van der Waals surface area contributed by atoms with Gasteiger partial charge in [0, 0.05) is 43.8 Å². The van der Waals surface area contributed by atoms with Crippen LogP contribution in [0.1, 0.15) is 49.4 Å². The first kappa shape index (κ1) is 19.3. The molecule has 0 unspecified atom stereocenters. The van der Waals surface area contributed by atoms with Gasteiger partial charge in [0.15, 0.2) is 5.82 Å². The highest BCUT2D eigenvalue weighted by atomic mass is 16.5. The monoisotopic (exact) mass is 395 g/mol. The average Bonchev–Trinajstić information content (AvgIpc) is 3.36. The van der Waals surface area contributed by atoms with Crippen molar-refractivity contribution in [2.24, 2.45) is 0 Å². The molecule has 2 aromatic heterocycles. The molecule has 29 heavy (non-hydrogen) atoms. The maximum atomic E-state index is 12.6. The molecule has 0 N–H and O–H groups in total. The van der Waals surface area contributed by atoms with E-state index in [1.807, 2.05) is 36.1 Å². The Morgan fingerprint density at radius 3 is 2.62 bits per heavy atom. The first-order chi connectivity index (χ1) is 13.9. The molecule has 1 fully saturated rings. The summed E-state index contributed by atoms with van der Waals surface area (Å²) in [6.45, 7) is 7.31. The first-order valence-electron chi connectivity index (χ1n) is 9.91. The lowest BCUT2D eigenvalue weighted by Gasteiger charge is -2.37. The van der Waals surface area contributed by atoms with Crippen molar-refractivity contribution < 1.29 is 13.8 Å². The Hall–Kier alpha value is -3.03. The Morgan fingerprint density at radius 1 is 1.14 bits per heavy atom. The molecule has 1 aromatic carbocycles. The number of hydrogen-bond donors (Lipinski definition) is 0. The fourth-order valence-corrected chi connectivity index (χ4v) is 3.65. The van der Waals surface area contributed by atoms with Crippen molar-refractivity contribution in [1.82, 2.24) is 25.2 Å². The summed E-state index contributed by atoms with van der Waals surface area (Å²) in [7, 11) is 0. The second-order valence-electron chi connectivity index (χ2n) is 7.96. The van der Waals surface area contributed by atoms with Gasteiger partial charge < -0.3 is 13.9 Å². The van der Waals surface area contributed by atoms with E-state index >= 15 is 0 Å². The Morgan fingerprint density at radius 2 is 1.93 bits per heavy atom. The second kappa shape index (κ2) is 7.77. The van der Waals surface area contributed by atoms with Crippen LogP contribution in [0.5, 0.6) is 0 Å². The largest absolute Gasteiger partial charge is 0.343 e. The number of hydrogen-bond acceptors (Lipinski definition) is 7. The van der Waals surface area contributed by atoms with E-state index in [4.69, 9.17) is 9.05 Å². The fraction of sp³-hybridized carbons (Fsp3) is 0.476. The predicted molar refractivity (Wildman–Crippen MR) is 105 cm³/mol. The number of amides is 1. The molecule has 0 spiro atoms. The van der Waals surface area contributed by atoms with Crippen molar-refractivity contribution in [3.05, 3.63) is 47.4 Å². The summed E-state index contributed by atoms with van der Waals surface area (Å²) in [4.78, 5) is 23.3. The van der Waals surface area contributed by atoms with E-state index in [1.165, 1.54) is 0 Å². The van der Waals surface area contributed by atoms with Gasteiger partial charge in [-0.15, -0.1) is 0 Å². The second-order valence-corrected chi connectivity index (χ2v) is 7.96. The van der Waals surface area contributed by atoms with Crippen LogP contribution in [-0.4, -0.2) is 44.2 Å². The molecule has 0 radical (unpaired) electrons. The van der Waals surface area contributed by atoms with Gasteiger partial charge in [0.05, 0.1) is 0 Å². The minimum Gasteiger partial charge on any atom is -0.343 e. The van der Waals surface area contributed by atoms with Crippen LogP contribution in [0.15, 0.2) is 33.3 Å². The van der Waals surface area contributed by atoms with Gasteiger partial charge in [-0.05, 0) is 25.8 Å². The Labute approximate surface area is 169 Å². The van der Waals surface area contributed by atoms with Crippen molar-refractivity contribution in [3.63, 3.8) is 0 Å². The van der Waals surface area contributed by atoms with Crippen LogP contribution in [0.25, 0.3) is 11.4 Å². The Kier molecular flexibility index (Phi) is 5.17. The van der Waals surface area contributed by atoms with Gasteiger partial charge >= 0.3 is 0 Å². The molecule has 0 atom stereocenters. The van der Waals surface area contributed by atoms with Crippen molar-refractivity contribution in [1.29, 1.82) is 0 Å². The molecule has 8 nitrogen and oxygen atoms in total. The number of benzene rings is 1. The third-order valence-corrected chi connectivity index (χ3v) is 5.58. The molecular weight excluding hydrogens is 370 g/mol. The summed E-state index contributed by atoms with van der Waals surface area (Å²) >= 11 is 0. The number of carbonyl (C=O) groups excluding carboxylic acids is 1. The predicted octanol–water partition coefficient (Wildman–Crippen LogP) is 3.25. The standard InChI is InChI=1S/C21H25N5O3/c1-14-5-4-6-16(13-14)19-23-17(29-24-19)7-8-18(27)26-11-9-21(3,10-12-26)20-22-15(2)28-25-20/h4-6,13H,7-12H2,1-3H3. The maximum Gasteiger partial charge on any atom is 0.227 e. The van der Waals surface area contributed by atoms with Gasteiger partial charge in [-0.2, -0.15) is 9.97 Å². The van der Waals surface area contributed by atoms with Crippen LogP contribution < -0.4 is 0 Å². The van der Waals surface area contributed by atoms with Crippen molar-refractivity contribution in [2.45, 2.75) is 51.9 Å². The molecule has 0 saturated carbocycles. The topological polar surface area (TPSA) is 98.2 Å². The number of piperidine rings is 1. The molecule has 0 aliphatic carbocycles. The van der Waals surface area contributed by atoms with Gasteiger partial charge in [0.25, 0.3) is 0 Å². The Balaban J connectivity index is 1.31. The van der Waals surface area contributed by atoms with E-state index in [9.17, 15) is 4.79 Å². The third-order valence-electron chi connectivity index (χ3n) is 5.58. The lowest BCUT2D eigenvalue weighted by atomic mass is 9.79. The fourth-order valence-electron chi connectivity index (χ4n) is 3.65. The summed E-state index contributed by atoms with van der Waals surface area (Å²) in [5.41, 5.74) is 1.90. The third kappa shape index (κ3) is 4.21. The summed E-state index contributed by atoms with van der Waals surface area (Å²) in [6, 6.07) is 7.94. The van der Waals surface area contributed by atoms with Gasteiger partial charge in [-0.1, -0.05) is 41.0 Å². The van der Waals surface area contributed by atoms with E-state index in [0.717, 1.165) is 29.8 Å². The van der Waals surface area contributed by atoms with Crippen molar-refractivity contribution in [3.8, 4) is 11.4 Å². The summed E-state index contributed by atoms with van der Waals surface area (Å²) in [5.74, 6) is 2.45. The zero-order chi connectivity index (χ0) is 20.4. The molecule has 3 heterocycles. The molecule has 1 saturated heterocycles. The molecule has 3 aromatic rings. The van der Waals surface area contributed by atoms with Crippen LogP contribution >= 0.6 is 0 Å². The number of aromatic nitrogens is 4. The quantitative estimate of drug-likeness (QED) is 0.654. The first-order valence-corrected chi connectivity index (χ1v) is 9.91. The molecule has 152 valence electrons. The summed E-state index contributed by atoms with van der Waals surface area (Å²) in [5, 5.41) is 8.11. The van der Waals surface area contributed by atoms with Crippen LogP contribution in [0.3, 0.4) is 0 Å². The van der Waals surface area contributed by atoms with Crippen LogP contribution in [0, 0.1) is 13.8 Å². The highest BCUT2D eigenvalue weighted by Gasteiger charge is 2.36. The Bertz CT molecular complexity index is 1000. The molecule has 1 amide bonds. The van der Waals surface area contributed by atoms with E-state index in [1.54, 1.807) is 6.92 Å². The lowest BCUT2D eigenvalue weighted by molar-refractivity contribution is -0.132. The number of likely N-dealkylation sites (tertiary alicyclic amines) is 1. The molecular formula is C21H25N5O3. The van der Waals surface area contributed by atoms with Gasteiger partial charge in [0.2, 0.25) is 23.5 Å². The molecule has 4 rings (SSSR count). The highest BCUT2D eigenvalue weighted by molar-refractivity contribution is 5.76. The van der Waals surface area contributed by atoms with Gasteiger partial charge in [-0.25, -0.2) is 0 Å².